The predicted octanol–water partition coefficient (Wildman–Crippen LogP) is 2.27. The highest BCUT2D eigenvalue weighted by Gasteiger charge is 2.21. The van der Waals surface area contributed by atoms with Gasteiger partial charge in [-0.3, -0.25) is 19.2 Å². The smallest absolute Gasteiger partial charge is 0.325 e. The molecule has 9 heteroatoms. The summed E-state index contributed by atoms with van der Waals surface area (Å²) in [6.07, 6.45) is 0. The lowest BCUT2D eigenvalue weighted by Gasteiger charge is -2.07. The van der Waals surface area contributed by atoms with Gasteiger partial charge in [0.1, 0.15) is 18.2 Å². The summed E-state index contributed by atoms with van der Waals surface area (Å²) in [6, 6.07) is 2.39. The standard InChI is InChI=1S/C19H18F2N2O5/c1-9-17(11(3)24)10(2)23-18(9)15(25)8-28-16(26)7-22-19(27)13-5-4-12(20)6-14(13)21/h4-6,23H,7-8H2,1-3H3,(H,22,27). The van der Waals surface area contributed by atoms with E-state index in [-0.39, 0.29) is 11.5 Å². The van der Waals surface area contributed by atoms with Crippen molar-refractivity contribution < 1.29 is 32.7 Å². The highest BCUT2D eigenvalue weighted by atomic mass is 19.1. The Kier molecular flexibility index (Phi) is 6.40. The van der Waals surface area contributed by atoms with Gasteiger partial charge in [-0.1, -0.05) is 0 Å². The number of hydrogen-bond acceptors (Lipinski definition) is 5. The van der Waals surface area contributed by atoms with Crippen LogP contribution in [0.5, 0.6) is 0 Å². The van der Waals surface area contributed by atoms with E-state index in [0.717, 1.165) is 12.1 Å². The van der Waals surface area contributed by atoms with E-state index in [1.807, 2.05) is 0 Å². The molecule has 1 heterocycles. The number of amides is 1. The molecule has 0 aliphatic carbocycles. The van der Waals surface area contributed by atoms with E-state index >= 15 is 0 Å². The van der Waals surface area contributed by atoms with E-state index in [0.29, 0.717) is 22.9 Å². The molecule has 2 aromatic rings. The second-order valence-corrected chi connectivity index (χ2v) is 6.07. The number of ketones is 2. The number of H-pyrrole nitrogens is 1. The lowest BCUT2D eigenvalue weighted by molar-refractivity contribution is -0.141. The minimum Gasteiger partial charge on any atom is -0.456 e. The van der Waals surface area contributed by atoms with Gasteiger partial charge in [0.15, 0.2) is 12.4 Å². The third kappa shape index (κ3) is 4.67. The van der Waals surface area contributed by atoms with E-state index in [1.165, 1.54) is 6.92 Å². The number of ether oxygens (including phenoxy) is 1. The minimum atomic E-state index is -1.07. The van der Waals surface area contributed by atoms with Crippen LogP contribution in [-0.4, -0.2) is 41.6 Å². The summed E-state index contributed by atoms with van der Waals surface area (Å²) in [5, 5.41) is 2.12. The molecule has 0 saturated carbocycles. The van der Waals surface area contributed by atoms with Crippen LogP contribution in [0.1, 0.15) is 49.4 Å². The van der Waals surface area contributed by atoms with Crippen molar-refractivity contribution in [3.05, 3.63) is 57.9 Å². The number of nitrogens with one attached hydrogen (secondary N) is 2. The number of hydrogen-bond donors (Lipinski definition) is 2. The van der Waals surface area contributed by atoms with Crippen molar-refractivity contribution >= 4 is 23.4 Å². The maximum absolute atomic E-state index is 13.5. The zero-order valence-electron chi connectivity index (χ0n) is 15.4. The Bertz CT molecular complexity index is 965. The maximum atomic E-state index is 13.5. The van der Waals surface area contributed by atoms with Crippen LogP contribution in [0.2, 0.25) is 0 Å². The van der Waals surface area contributed by atoms with E-state index in [4.69, 9.17) is 4.74 Å². The molecule has 1 aromatic carbocycles. The molecule has 0 aliphatic rings. The van der Waals surface area contributed by atoms with Crippen LogP contribution in [-0.2, 0) is 9.53 Å². The molecular formula is C19H18F2N2O5. The van der Waals surface area contributed by atoms with E-state index in [9.17, 15) is 28.0 Å². The number of aromatic amines is 1. The van der Waals surface area contributed by atoms with E-state index in [2.05, 4.69) is 10.3 Å². The van der Waals surface area contributed by atoms with Gasteiger partial charge in [0.2, 0.25) is 5.78 Å². The molecule has 0 unspecified atom stereocenters. The number of aryl methyl sites for hydroxylation is 1. The molecule has 0 saturated heterocycles. The van der Waals surface area contributed by atoms with Crippen molar-refractivity contribution in [1.29, 1.82) is 0 Å². The number of aromatic nitrogens is 1. The quantitative estimate of drug-likeness (QED) is 0.556. The fourth-order valence-corrected chi connectivity index (χ4v) is 2.75. The van der Waals surface area contributed by atoms with Crippen LogP contribution in [0.4, 0.5) is 8.78 Å². The number of Topliss-reactive ketones (excluding diaryl/α,β-unsaturated/α-hetero) is 2. The zero-order valence-corrected chi connectivity index (χ0v) is 15.4. The summed E-state index contributed by atoms with van der Waals surface area (Å²) in [4.78, 5) is 50.1. The maximum Gasteiger partial charge on any atom is 0.325 e. The monoisotopic (exact) mass is 392 g/mol. The van der Waals surface area contributed by atoms with E-state index < -0.39 is 48.0 Å². The SMILES string of the molecule is CC(=O)c1c(C)[nH]c(C(=O)COC(=O)CNC(=O)c2ccc(F)cc2F)c1C. The van der Waals surface area contributed by atoms with Gasteiger partial charge >= 0.3 is 5.97 Å². The fourth-order valence-electron chi connectivity index (χ4n) is 2.75. The van der Waals surface area contributed by atoms with Crippen LogP contribution in [0.25, 0.3) is 0 Å². The Labute approximate surface area is 159 Å². The second-order valence-electron chi connectivity index (χ2n) is 6.07. The molecule has 7 nitrogen and oxygen atoms in total. The van der Waals surface area contributed by atoms with Crippen LogP contribution < -0.4 is 5.32 Å². The van der Waals surface area contributed by atoms with Crippen LogP contribution in [0, 0.1) is 25.5 Å². The molecule has 1 amide bonds. The van der Waals surface area contributed by atoms with Crippen LogP contribution in [0.3, 0.4) is 0 Å². The second kappa shape index (κ2) is 8.55. The molecule has 28 heavy (non-hydrogen) atoms. The molecule has 0 radical (unpaired) electrons. The number of rotatable bonds is 7. The number of carbonyl (C=O) groups is 4. The molecule has 148 valence electrons. The summed E-state index contributed by atoms with van der Waals surface area (Å²) >= 11 is 0. The molecule has 0 fully saturated rings. The molecule has 0 atom stereocenters. The van der Waals surface area contributed by atoms with Gasteiger partial charge in [-0.25, -0.2) is 8.78 Å². The zero-order chi connectivity index (χ0) is 21.0. The molecule has 0 aliphatic heterocycles. The largest absolute Gasteiger partial charge is 0.456 e. The van der Waals surface area contributed by atoms with Gasteiger partial charge in [0.25, 0.3) is 5.91 Å². The molecule has 2 N–H and O–H groups in total. The van der Waals surface area contributed by atoms with Crippen molar-refractivity contribution in [1.82, 2.24) is 10.3 Å². The molecule has 2 rings (SSSR count). The fraction of sp³-hybridized carbons (Fsp3) is 0.263. The first-order chi connectivity index (χ1) is 13.1. The van der Waals surface area contributed by atoms with Gasteiger partial charge in [-0.2, -0.15) is 0 Å². The Morgan fingerprint density at radius 1 is 1.14 bits per heavy atom. The minimum absolute atomic E-state index is 0.160. The summed E-state index contributed by atoms with van der Waals surface area (Å²) in [6.45, 7) is 3.43. The highest BCUT2D eigenvalue weighted by molar-refractivity contribution is 6.04. The molecule has 0 bridgehead atoms. The molecular weight excluding hydrogens is 374 g/mol. The first kappa shape index (κ1) is 20.9. The molecule has 0 spiro atoms. The first-order valence-electron chi connectivity index (χ1n) is 8.24. The summed E-state index contributed by atoms with van der Waals surface area (Å²) in [5.41, 5.74) is 1.13. The van der Waals surface area contributed by atoms with Crippen molar-refractivity contribution in [2.75, 3.05) is 13.2 Å². The third-order valence-corrected chi connectivity index (χ3v) is 4.00. The van der Waals surface area contributed by atoms with Crippen molar-refractivity contribution in [2.24, 2.45) is 0 Å². The number of halogens is 2. The van der Waals surface area contributed by atoms with Crippen molar-refractivity contribution in [2.45, 2.75) is 20.8 Å². The van der Waals surface area contributed by atoms with Gasteiger partial charge in [-0.05, 0) is 38.5 Å². The normalized spacial score (nSPS) is 10.5. The lowest BCUT2D eigenvalue weighted by atomic mass is 10.1. The topological polar surface area (TPSA) is 105 Å². The number of esters is 1. The van der Waals surface area contributed by atoms with Crippen molar-refractivity contribution in [3.63, 3.8) is 0 Å². The van der Waals surface area contributed by atoms with Crippen LogP contribution >= 0.6 is 0 Å². The predicted molar refractivity (Wildman–Crippen MR) is 94.3 cm³/mol. The highest BCUT2D eigenvalue weighted by Crippen LogP contribution is 2.19. The average molecular weight is 392 g/mol. The van der Waals surface area contributed by atoms with Crippen molar-refractivity contribution in [3.8, 4) is 0 Å². The Hall–Kier alpha value is -3.36. The molecule has 1 aromatic heterocycles. The third-order valence-electron chi connectivity index (χ3n) is 4.00. The number of carbonyl (C=O) groups excluding carboxylic acids is 4. The summed E-state index contributed by atoms with van der Waals surface area (Å²) in [5.74, 6) is -4.50. The summed E-state index contributed by atoms with van der Waals surface area (Å²) < 4.78 is 31.1. The van der Waals surface area contributed by atoms with E-state index in [1.54, 1.807) is 13.8 Å². The van der Waals surface area contributed by atoms with Gasteiger partial charge < -0.3 is 15.0 Å². The Morgan fingerprint density at radius 3 is 2.39 bits per heavy atom. The Balaban J connectivity index is 1.90. The van der Waals surface area contributed by atoms with Crippen LogP contribution in [0.15, 0.2) is 18.2 Å². The average Bonchev–Trinajstić information content (AvgIpc) is 2.92. The Morgan fingerprint density at radius 2 is 1.82 bits per heavy atom. The lowest BCUT2D eigenvalue weighted by Crippen LogP contribution is -2.32. The van der Waals surface area contributed by atoms with Gasteiger partial charge in [0, 0.05) is 17.3 Å². The summed E-state index contributed by atoms with van der Waals surface area (Å²) in [7, 11) is 0. The van der Waals surface area contributed by atoms with Gasteiger partial charge in [0.05, 0.1) is 11.3 Å². The van der Waals surface area contributed by atoms with Gasteiger partial charge in [-0.15, -0.1) is 0 Å². The number of benzene rings is 1. The first-order valence-corrected chi connectivity index (χ1v) is 8.24.